The predicted molar refractivity (Wildman–Crippen MR) is 264 cm³/mol. The van der Waals surface area contributed by atoms with Crippen LogP contribution in [0.1, 0.15) is 133 Å². The van der Waals surface area contributed by atoms with Gasteiger partial charge in [0.1, 0.15) is 53.9 Å². The molecule has 0 rings (SSSR count). The molecule has 0 aliphatic heterocycles. The van der Waals surface area contributed by atoms with Gasteiger partial charge in [0.05, 0.1) is 20.0 Å². The first kappa shape index (κ1) is 67.9. The molecule has 0 radical (unpaired) electrons. The van der Waals surface area contributed by atoms with Crippen LogP contribution < -0.4 is 48.3 Å². The molecule has 0 unspecified atom stereocenters. The molecule has 28 heteroatoms. The van der Waals surface area contributed by atoms with Crippen molar-refractivity contribution in [2.24, 2.45) is 23.5 Å². The summed E-state index contributed by atoms with van der Waals surface area (Å²) in [7, 11) is 0.974. The van der Waals surface area contributed by atoms with Crippen LogP contribution in [0.3, 0.4) is 0 Å². The standard InChI is InChI=1S/C47H79N9O19/c1-23(2)19-29(40(67)49-26(13-11-12-18-48)38(65)53-31(21-35(61)62)42(69)50-28(45(72)74-10)15-17-34(59)60)51-41(68)30(20-24(3)4)52-43(70)32(22-36(63)64)54-44(71)37(25(5)6)56-39(66)27(14-16-33(57)58)55-46(73)75-47(7,8)9/h23-32,37H,11-22,48H2,1-10H3,(H,49,67)(H,50,69)(H,51,68)(H,52,70)(H,53,65)(H,54,71)(H,55,73)(H,56,66)(H,57,58)(H,59,60)(H,61,62)(H,63,64)/t26-,27-,28-,29-,30-,31-,32-,37-/m0/s1. The molecule has 0 aromatic rings. The van der Waals surface area contributed by atoms with Gasteiger partial charge in [-0.25, -0.2) is 9.59 Å². The maximum absolute atomic E-state index is 14.1. The average molecular weight is 1070 g/mol. The fourth-order valence-corrected chi connectivity index (χ4v) is 6.99. The highest BCUT2D eigenvalue weighted by molar-refractivity contribution is 5.99. The molecule has 0 saturated heterocycles. The number of esters is 1. The van der Waals surface area contributed by atoms with Crippen LogP contribution in [0.25, 0.3) is 0 Å². The van der Waals surface area contributed by atoms with Crippen LogP contribution in [0, 0.1) is 17.8 Å². The van der Waals surface area contributed by atoms with Gasteiger partial charge in [-0.2, -0.15) is 0 Å². The number of nitrogens with two attached hydrogens (primary N) is 1. The van der Waals surface area contributed by atoms with Crippen LogP contribution in [0.5, 0.6) is 0 Å². The Morgan fingerprint density at radius 1 is 0.453 bits per heavy atom. The zero-order valence-corrected chi connectivity index (χ0v) is 44.3. The molecule has 0 aromatic heterocycles. The van der Waals surface area contributed by atoms with Crippen LogP contribution in [-0.2, 0) is 67.0 Å². The zero-order chi connectivity index (χ0) is 57.9. The Morgan fingerprint density at radius 2 is 0.813 bits per heavy atom. The van der Waals surface area contributed by atoms with Crippen LogP contribution in [0.15, 0.2) is 0 Å². The van der Waals surface area contributed by atoms with Crippen molar-refractivity contribution in [3.05, 3.63) is 0 Å². The van der Waals surface area contributed by atoms with Crippen molar-refractivity contribution < 1.29 is 92.2 Å². The number of nitrogens with one attached hydrogen (secondary N) is 8. The largest absolute Gasteiger partial charge is 0.481 e. The predicted octanol–water partition coefficient (Wildman–Crippen LogP) is -0.998. The maximum Gasteiger partial charge on any atom is 0.408 e. The van der Waals surface area contributed by atoms with Gasteiger partial charge in [-0.1, -0.05) is 41.5 Å². The molecule has 8 amide bonds. The number of amides is 8. The number of unbranched alkanes of at least 4 members (excludes halogenated alkanes) is 1. The molecule has 0 saturated carbocycles. The molecule has 0 aliphatic carbocycles. The normalized spacial score (nSPS) is 14.5. The number of aliphatic carboxylic acids is 4. The van der Waals surface area contributed by atoms with E-state index in [-0.39, 0.29) is 44.1 Å². The summed E-state index contributed by atoms with van der Waals surface area (Å²) in [4.78, 5) is 168. The molecule has 0 aliphatic rings. The van der Waals surface area contributed by atoms with E-state index in [0.29, 0.717) is 6.42 Å². The van der Waals surface area contributed by atoms with Crippen molar-refractivity contribution in [1.82, 2.24) is 42.5 Å². The van der Waals surface area contributed by atoms with Gasteiger partial charge in [0.2, 0.25) is 41.4 Å². The number of hydrogen-bond acceptors (Lipinski definition) is 16. The number of ether oxygens (including phenoxy) is 2. The minimum atomic E-state index is -1.87. The summed E-state index contributed by atoms with van der Waals surface area (Å²) in [5.74, 6) is -15.5. The van der Waals surface area contributed by atoms with Gasteiger partial charge in [-0.05, 0) is 90.0 Å². The van der Waals surface area contributed by atoms with Gasteiger partial charge in [-0.15, -0.1) is 0 Å². The third kappa shape index (κ3) is 28.8. The topological polar surface area (TPSA) is 444 Å². The molecule has 0 heterocycles. The maximum atomic E-state index is 14.1. The van der Waals surface area contributed by atoms with Crippen molar-refractivity contribution in [3.63, 3.8) is 0 Å². The molecule has 14 N–H and O–H groups in total. The monoisotopic (exact) mass is 1070 g/mol. The SMILES string of the molecule is COC(=O)[C@H](CCC(=O)O)NC(=O)[C@H](CC(=O)O)NC(=O)[C@H](CCCCN)NC(=O)[C@H](CC(C)C)NC(=O)[C@H](CC(C)C)NC(=O)[C@H](CC(=O)O)NC(=O)[C@@H](NC(=O)[C@H](CCC(=O)O)NC(=O)OC(C)(C)C)C(C)C. The van der Waals surface area contributed by atoms with Crippen LogP contribution >= 0.6 is 0 Å². The molecular formula is C47H79N9O19. The summed E-state index contributed by atoms with van der Waals surface area (Å²) in [6.45, 7) is 14.6. The molecule has 426 valence electrons. The first-order chi connectivity index (χ1) is 34.7. The number of carboxylic acids is 4. The molecule has 8 atom stereocenters. The molecule has 0 fully saturated rings. The molecule has 28 nitrogen and oxygen atoms in total. The number of methoxy groups -OCH3 is 1. The third-order valence-corrected chi connectivity index (χ3v) is 10.6. The second-order valence-electron chi connectivity index (χ2n) is 19.9. The van der Waals surface area contributed by atoms with Gasteiger partial charge in [0.15, 0.2) is 0 Å². The Labute approximate surface area is 435 Å². The number of rotatable bonds is 35. The lowest BCUT2D eigenvalue weighted by atomic mass is 9.99. The zero-order valence-electron chi connectivity index (χ0n) is 44.3. The van der Waals surface area contributed by atoms with E-state index in [9.17, 15) is 77.6 Å². The Balaban J connectivity index is 6.73. The van der Waals surface area contributed by atoms with Gasteiger partial charge < -0.3 is 78.2 Å². The number of carbonyl (C=O) groups excluding carboxylic acids is 9. The lowest BCUT2D eigenvalue weighted by molar-refractivity contribution is -0.147. The van der Waals surface area contributed by atoms with Crippen molar-refractivity contribution in [1.29, 1.82) is 0 Å². The quantitative estimate of drug-likeness (QED) is 0.0267. The van der Waals surface area contributed by atoms with Gasteiger partial charge in [-0.3, -0.25) is 52.7 Å². The first-order valence-corrected chi connectivity index (χ1v) is 24.5. The highest BCUT2D eigenvalue weighted by atomic mass is 16.6. The van der Waals surface area contributed by atoms with E-state index in [0.717, 1.165) is 7.11 Å². The van der Waals surface area contributed by atoms with E-state index in [4.69, 9.17) is 15.6 Å². The van der Waals surface area contributed by atoms with Crippen LogP contribution in [0.4, 0.5) is 4.79 Å². The van der Waals surface area contributed by atoms with Crippen molar-refractivity contribution >= 4 is 77.3 Å². The van der Waals surface area contributed by atoms with Crippen LogP contribution in [0.2, 0.25) is 0 Å². The molecule has 0 aromatic carbocycles. The van der Waals surface area contributed by atoms with E-state index in [1.807, 2.05) is 0 Å². The Bertz CT molecular complexity index is 2010. The van der Waals surface area contributed by atoms with Gasteiger partial charge in [0.25, 0.3) is 0 Å². The molecular weight excluding hydrogens is 995 g/mol. The number of carboxylic acid groups (broad SMARTS) is 4. The lowest BCUT2D eigenvalue weighted by Crippen LogP contribution is -2.61. The van der Waals surface area contributed by atoms with E-state index < -0.39 is 176 Å². The summed E-state index contributed by atoms with van der Waals surface area (Å²) in [5.41, 5.74) is 4.66. The summed E-state index contributed by atoms with van der Waals surface area (Å²) < 4.78 is 9.81. The first-order valence-electron chi connectivity index (χ1n) is 24.5. The lowest BCUT2D eigenvalue weighted by Gasteiger charge is -2.29. The number of hydrogen-bond donors (Lipinski definition) is 13. The highest BCUT2D eigenvalue weighted by Gasteiger charge is 2.37. The number of carbonyl (C=O) groups is 13. The second kappa shape index (κ2) is 33.6. The van der Waals surface area contributed by atoms with E-state index >= 15 is 0 Å². The van der Waals surface area contributed by atoms with Crippen molar-refractivity contribution in [3.8, 4) is 0 Å². The molecule has 0 spiro atoms. The highest BCUT2D eigenvalue weighted by Crippen LogP contribution is 2.14. The summed E-state index contributed by atoms with van der Waals surface area (Å²) in [6, 6.07) is -12.6. The van der Waals surface area contributed by atoms with E-state index in [1.165, 1.54) is 13.8 Å². The Hall–Kier alpha value is -7.13. The number of alkyl carbamates (subject to hydrolysis) is 1. The van der Waals surface area contributed by atoms with E-state index in [2.05, 4.69) is 47.3 Å². The third-order valence-electron chi connectivity index (χ3n) is 10.6. The Kier molecular flexibility index (Phi) is 30.4. The molecule has 75 heavy (non-hydrogen) atoms. The smallest absolute Gasteiger partial charge is 0.408 e. The van der Waals surface area contributed by atoms with Crippen molar-refractivity contribution in [2.45, 2.75) is 187 Å². The fourth-order valence-electron chi connectivity index (χ4n) is 6.99. The summed E-state index contributed by atoms with van der Waals surface area (Å²) in [6.07, 6.45) is -4.81. The van der Waals surface area contributed by atoms with Gasteiger partial charge in [0, 0.05) is 12.8 Å². The van der Waals surface area contributed by atoms with Crippen LogP contribution in [-0.4, -0.2) is 165 Å². The summed E-state index contributed by atoms with van der Waals surface area (Å²) in [5, 5.41) is 56.7. The Morgan fingerprint density at radius 3 is 1.20 bits per heavy atom. The summed E-state index contributed by atoms with van der Waals surface area (Å²) >= 11 is 0. The van der Waals surface area contributed by atoms with Gasteiger partial charge >= 0.3 is 35.9 Å². The average Bonchev–Trinajstić information content (AvgIpc) is 3.27. The van der Waals surface area contributed by atoms with E-state index in [1.54, 1.807) is 48.5 Å². The minimum absolute atomic E-state index is 0.0587. The minimum Gasteiger partial charge on any atom is -0.481 e. The van der Waals surface area contributed by atoms with Crippen molar-refractivity contribution in [2.75, 3.05) is 13.7 Å². The second-order valence-corrected chi connectivity index (χ2v) is 19.9. The fraction of sp³-hybridized carbons (Fsp3) is 0.723. The molecule has 0 bridgehead atoms.